The number of hydrogen-bond acceptors (Lipinski definition) is 5. The van der Waals surface area contributed by atoms with Crippen LogP contribution in [0.3, 0.4) is 0 Å². The summed E-state index contributed by atoms with van der Waals surface area (Å²) in [5, 5.41) is 11.9. The molecule has 0 atom stereocenters. The fourth-order valence-corrected chi connectivity index (χ4v) is 4.16. The van der Waals surface area contributed by atoms with Crippen molar-refractivity contribution in [1.29, 1.82) is 0 Å². The minimum Gasteiger partial charge on any atom is -0.320 e. The van der Waals surface area contributed by atoms with E-state index in [0.29, 0.717) is 16.6 Å². The van der Waals surface area contributed by atoms with Crippen LogP contribution in [0.25, 0.3) is 0 Å². The largest absolute Gasteiger partial charge is 0.409 e. The van der Waals surface area contributed by atoms with Crippen LogP contribution in [0.2, 0.25) is 0 Å². The van der Waals surface area contributed by atoms with Gasteiger partial charge in [-0.05, 0) is 31.9 Å². The fourth-order valence-electron chi connectivity index (χ4n) is 3.16. The molecule has 138 valence electrons. The molecule has 6 nitrogen and oxygen atoms in total. The molecule has 1 aliphatic rings. The van der Waals surface area contributed by atoms with Gasteiger partial charge < -0.3 is 4.57 Å². The molecule has 25 heavy (non-hydrogen) atoms. The molecule has 0 radical (unpaired) electrons. The van der Waals surface area contributed by atoms with Crippen LogP contribution < -0.4 is 0 Å². The molecule has 0 spiro atoms. The molecule has 0 amide bonds. The molecule has 2 heterocycles. The number of tetrazole rings is 1. The summed E-state index contributed by atoms with van der Waals surface area (Å²) in [4.78, 5) is 5.21. The van der Waals surface area contributed by atoms with E-state index in [0.717, 1.165) is 29.4 Å². The van der Waals surface area contributed by atoms with Gasteiger partial charge in [0.25, 0.3) is 0 Å². The average Bonchev–Trinajstić information content (AvgIpc) is 3.09. The molecule has 0 bridgehead atoms. The number of aryl methyl sites for hydroxylation is 1. The van der Waals surface area contributed by atoms with Crippen LogP contribution in [0.4, 0.5) is 13.2 Å². The Hall–Kier alpha value is -1.58. The van der Waals surface area contributed by atoms with Crippen molar-refractivity contribution in [2.45, 2.75) is 75.6 Å². The number of aromatic nitrogens is 6. The quantitative estimate of drug-likeness (QED) is 0.744. The van der Waals surface area contributed by atoms with Gasteiger partial charge in [0.2, 0.25) is 0 Å². The lowest BCUT2D eigenvalue weighted by molar-refractivity contribution is -0.145. The minimum absolute atomic E-state index is 0.280. The lowest BCUT2D eigenvalue weighted by atomic mass is 9.95. The second-order valence-electron chi connectivity index (χ2n) is 6.37. The van der Waals surface area contributed by atoms with E-state index in [9.17, 15) is 13.2 Å². The summed E-state index contributed by atoms with van der Waals surface area (Å²) in [7, 11) is 0. The van der Waals surface area contributed by atoms with Crippen molar-refractivity contribution in [3.8, 4) is 0 Å². The van der Waals surface area contributed by atoms with Crippen LogP contribution in [0.1, 0.15) is 55.4 Å². The Morgan fingerprint density at radius 2 is 1.88 bits per heavy atom. The summed E-state index contributed by atoms with van der Waals surface area (Å²) < 4.78 is 39.4. The lowest BCUT2D eigenvalue weighted by Crippen LogP contribution is -2.19. The average molecular weight is 374 g/mol. The zero-order valence-electron chi connectivity index (χ0n) is 14.3. The van der Waals surface area contributed by atoms with E-state index in [1.54, 1.807) is 0 Å². The van der Waals surface area contributed by atoms with E-state index in [-0.39, 0.29) is 5.82 Å². The smallest absolute Gasteiger partial charge is 0.320 e. The van der Waals surface area contributed by atoms with Crippen molar-refractivity contribution in [3.63, 3.8) is 0 Å². The zero-order valence-corrected chi connectivity index (χ0v) is 15.1. The third-order valence-corrected chi connectivity index (χ3v) is 5.39. The molecule has 2 aromatic heterocycles. The van der Waals surface area contributed by atoms with E-state index in [1.807, 2.05) is 6.92 Å². The summed E-state index contributed by atoms with van der Waals surface area (Å²) >= 11 is 1.45. The number of hydrogen-bond donors (Lipinski definition) is 0. The monoisotopic (exact) mass is 374 g/mol. The van der Waals surface area contributed by atoms with Gasteiger partial charge in [-0.3, -0.25) is 0 Å². The molecular formula is C15H21F3N6S. The van der Waals surface area contributed by atoms with Crippen molar-refractivity contribution < 1.29 is 13.2 Å². The van der Waals surface area contributed by atoms with Gasteiger partial charge in [-0.25, -0.2) is 4.98 Å². The number of alkyl halides is 3. The van der Waals surface area contributed by atoms with Crippen LogP contribution in [0, 0.1) is 13.8 Å². The van der Waals surface area contributed by atoms with Gasteiger partial charge in [-0.2, -0.15) is 18.0 Å². The molecule has 1 saturated carbocycles. The Bertz CT molecular complexity index is 717. The van der Waals surface area contributed by atoms with Crippen molar-refractivity contribution in [2.24, 2.45) is 0 Å². The maximum absolute atomic E-state index is 12.4. The van der Waals surface area contributed by atoms with Crippen LogP contribution in [-0.2, 0) is 12.3 Å². The van der Waals surface area contributed by atoms with Crippen LogP contribution >= 0.6 is 11.8 Å². The number of imidazole rings is 1. The highest BCUT2D eigenvalue weighted by Crippen LogP contribution is 2.34. The number of nitrogens with zero attached hydrogens (tertiary/aromatic N) is 6. The van der Waals surface area contributed by atoms with E-state index in [2.05, 4.69) is 31.9 Å². The molecule has 0 aliphatic heterocycles. The highest BCUT2D eigenvalue weighted by atomic mass is 32.2. The van der Waals surface area contributed by atoms with Crippen molar-refractivity contribution >= 4 is 11.8 Å². The first-order valence-corrected chi connectivity index (χ1v) is 9.34. The predicted octanol–water partition coefficient (Wildman–Crippen LogP) is 3.85. The molecule has 0 N–H and O–H groups in total. The molecule has 1 aliphatic carbocycles. The molecule has 3 rings (SSSR count). The number of thioether (sulfide) groups is 1. The van der Waals surface area contributed by atoms with Crippen LogP contribution in [-0.4, -0.2) is 35.9 Å². The molecule has 1 fully saturated rings. The van der Waals surface area contributed by atoms with Crippen LogP contribution in [0.15, 0.2) is 5.16 Å². The second kappa shape index (κ2) is 7.35. The normalized spacial score (nSPS) is 16.5. The van der Waals surface area contributed by atoms with Gasteiger partial charge in [0.1, 0.15) is 0 Å². The van der Waals surface area contributed by atoms with Gasteiger partial charge in [0.05, 0.1) is 11.4 Å². The van der Waals surface area contributed by atoms with Gasteiger partial charge in [-0.1, -0.05) is 31.0 Å². The van der Waals surface area contributed by atoms with Crippen molar-refractivity contribution in [2.75, 3.05) is 0 Å². The maximum Gasteiger partial charge on any atom is 0.409 e. The van der Waals surface area contributed by atoms with E-state index in [1.165, 1.54) is 31.0 Å². The maximum atomic E-state index is 12.4. The van der Waals surface area contributed by atoms with Gasteiger partial charge in [0, 0.05) is 11.7 Å². The first-order valence-electron chi connectivity index (χ1n) is 8.35. The predicted molar refractivity (Wildman–Crippen MR) is 87.3 cm³/mol. The van der Waals surface area contributed by atoms with Gasteiger partial charge in [0.15, 0.2) is 17.5 Å². The highest BCUT2D eigenvalue weighted by Gasteiger charge is 2.29. The highest BCUT2D eigenvalue weighted by molar-refractivity contribution is 7.98. The van der Waals surface area contributed by atoms with Gasteiger partial charge in [-0.15, -0.1) is 10.2 Å². The lowest BCUT2D eigenvalue weighted by Gasteiger charge is -2.25. The van der Waals surface area contributed by atoms with E-state index < -0.39 is 12.7 Å². The Morgan fingerprint density at radius 1 is 1.16 bits per heavy atom. The van der Waals surface area contributed by atoms with E-state index >= 15 is 0 Å². The summed E-state index contributed by atoms with van der Waals surface area (Å²) in [6.45, 7) is 2.83. The summed E-state index contributed by atoms with van der Waals surface area (Å²) in [6, 6.07) is 0.450. The van der Waals surface area contributed by atoms with Crippen molar-refractivity contribution in [3.05, 3.63) is 17.2 Å². The Balaban J connectivity index is 1.70. The summed E-state index contributed by atoms with van der Waals surface area (Å²) in [6.07, 6.45) is 1.65. The SMILES string of the molecule is Cc1nc(SCc2nnn(CC(F)(F)F)n2)n(C2CCCCC2)c1C. The number of halogens is 3. The fraction of sp³-hybridized carbons (Fsp3) is 0.733. The third-order valence-electron chi connectivity index (χ3n) is 4.44. The Labute approximate surface area is 148 Å². The summed E-state index contributed by atoms with van der Waals surface area (Å²) in [5.41, 5.74) is 2.14. The standard InChI is InChI=1S/C15H21F3N6S/c1-10-11(2)24(12-6-4-3-5-7-12)14(19-10)25-8-13-20-22-23(21-13)9-15(16,17)18/h12H,3-9H2,1-2H3. The Kier molecular flexibility index (Phi) is 5.35. The molecule has 0 aromatic carbocycles. The minimum atomic E-state index is -4.35. The van der Waals surface area contributed by atoms with E-state index in [4.69, 9.17) is 0 Å². The summed E-state index contributed by atoms with van der Waals surface area (Å²) in [5.74, 6) is 0.628. The molecule has 0 unspecified atom stereocenters. The second-order valence-corrected chi connectivity index (χ2v) is 7.31. The first-order chi connectivity index (χ1) is 11.8. The molecule has 10 heteroatoms. The Morgan fingerprint density at radius 3 is 2.56 bits per heavy atom. The third kappa shape index (κ3) is 4.53. The molecule has 2 aromatic rings. The van der Waals surface area contributed by atoms with Gasteiger partial charge >= 0.3 is 6.18 Å². The van der Waals surface area contributed by atoms with Crippen molar-refractivity contribution in [1.82, 2.24) is 29.8 Å². The molecule has 0 saturated heterocycles. The number of rotatable bonds is 5. The molecular weight excluding hydrogens is 353 g/mol. The van der Waals surface area contributed by atoms with Crippen LogP contribution in [0.5, 0.6) is 0 Å². The first kappa shape index (κ1) is 18.2. The topological polar surface area (TPSA) is 61.4 Å². The zero-order chi connectivity index (χ0) is 18.0.